The van der Waals surface area contributed by atoms with Gasteiger partial charge in [0.15, 0.2) is 0 Å². The van der Waals surface area contributed by atoms with E-state index in [9.17, 15) is 0 Å². The molecule has 7 aromatic carbocycles. The van der Waals surface area contributed by atoms with Gasteiger partial charge < -0.3 is 18.6 Å². The van der Waals surface area contributed by atoms with Gasteiger partial charge in [0.1, 0.15) is 22.3 Å². The molecule has 0 saturated heterocycles. The summed E-state index contributed by atoms with van der Waals surface area (Å²) in [6.07, 6.45) is 8.89. The quantitative estimate of drug-likeness (QED) is 0.180. The van der Waals surface area contributed by atoms with Crippen molar-refractivity contribution in [2.45, 2.75) is 12.8 Å². The van der Waals surface area contributed by atoms with Gasteiger partial charge in [-0.3, -0.25) is 0 Å². The van der Waals surface area contributed by atoms with Crippen LogP contribution in [-0.2, 0) is 0 Å². The predicted molar refractivity (Wildman–Crippen MR) is 208 cm³/mol. The molecular formula is C46H32N2O2. The number of nitrogens with zero attached hydrogens (tertiary/aromatic N) is 2. The third kappa shape index (κ3) is 4.68. The molecule has 0 atom stereocenters. The lowest BCUT2D eigenvalue weighted by Gasteiger charge is -2.31. The molecule has 4 heteroatoms. The maximum Gasteiger partial charge on any atom is 0.139 e. The van der Waals surface area contributed by atoms with Crippen molar-refractivity contribution in [2.75, 3.05) is 9.80 Å². The van der Waals surface area contributed by atoms with E-state index in [1.54, 1.807) is 0 Å². The van der Waals surface area contributed by atoms with Crippen molar-refractivity contribution in [1.29, 1.82) is 0 Å². The van der Waals surface area contributed by atoms with Crippen molar-refractivity contribution in [2.24, 2.45) is 0 Å². The first kappa shape index (κ1) is 28.5. The number of fused-ring (bicyclic) bond motifs is 7. The van der Waals surface area contributed by atoms with Crippen LogP contribution in [0.5, 0.6) is 0 Å². The van der Waals surface area contributed by atoms with E-state index < -0.39 is 0 Å². The van der Waals surface area contributed by atoms with E-state index in [0.29, 0.717) is 0 Å². The molecule has 1 aliphatic rings. The lowest BCUT2D eigenvalue weighted by molar-refractivity contribution is 0.668. The van der Waals surface area contributed by atoms with Crippen molar-refractivity contribution in [1.82, 2.24) is 0 Å². The molecule has 0 bridgehead atoms. The van der Waals surface area contributed by atoms with Gasteiger partial charge in [0.25, 0.3) is 0 Å². The summed E-state index contributed by atoms with van der Waals surface area (Å²) >= 11 is 0. The molecule has 0 aliphatic heterocycles. The first-order chi connectivity index (χ1) is 24.8. The van der Waals surface area contributed by atoms with Crippen LogP contribution >= 0.6 is 0 Å². The highest BCUT2D eigenvalue weighted by atomic mass is 16.3. The second kappa shape index (κ2) is 11.6. The Morgan fingerprint density at radius 3 is 1.88 bits per heavy atom. The SMILES string of the molecule is C1=CC(N(c2ccccc2)c2cc(N(c3ccccc3)c3ccc4oc5ccccc5c4c3)cc3oc4cc5ccccc5cc4c23)=CCC1. The standard InChI is InChI=1S/C46H32N2O2/c1-4-16-33(17-5-1)47(36-24-25-43-39(28-36)38-22-12-13-23-42(38)49-43)37-29-41(48(34-18-6-2-7-19-34)35-20-8-3-9-21-35)46-40-26-31-14-10-11-15-32(31)27-44(40)50-45(46)30-37/h1-2,4-8,10-30H,3,9H2. The smallest absolute Gasteiger partial charge is 0.139 e. The monoisotopic (exact) mass is 644 g/mol. The molecule has 0 amide bonds. The van der Waals surface area contributed by atoms with Crippen molar-refractivity contribution in [3.05, 3.63) is 176 Å². The summed E-state index contributed by atoms with van der Waals surface area (Å²) in [5.41, 5.74) is 9.84. The minimum Gasteiger partial charge on any atom is -0.456 e. The van der Waals surface area contributed by atoms with Gasteiger partial charge in [-0.05, 0) is 96.4 Å². The molecule has 9 aromatic rings. The Morgan fingerprint density at radius 2 is 1.10 bits per heavy atom. The molecule has 0 spiro atoms. The minimum absolute atomic E-state index is 0.833. The molecule has 2 aromatic heterocycles. The van der Waals surface area contributed by atoms with Crippen LogP contribution in [0.15, 0.2) is 184 Å². The molecule has 4 nitrogen and oxygen atoms in total. The van der Waals surface area contributed by atoms with Crippen molar-refractivity contribution < 1.29 is 8.83 Å². The lowest BCUT2D eigenvalue weighted by Crippen LogP contribution is -2.17. The van der Waals surface area contributed by atoms with Gasteiger partial charge in [0, 0.05) is 45.0 Å². The number of anilines is 5. The van der Waals surface area contributed by atoms with Gasteiger partial charge >= 0.3 is 0 Å². The number of benzene rings is 7. The molecule has 0 radical (unpaired) electrons. The third-order valence-electron chi connectivity index (χ3n) is 9.78. The number of allylic oxidation sites excluding steroid dienone is 3. The molecule has 0 fully saturated rings. The highest BCUT2D eigenvalue weighted by Crippen LogP contribution is 2.47. The zero-order valence-electron chi connectivity index (χ0n) is 27.3. The average molecular weight is 645 g/mol. The Labute approximate surface area is 289 Å². The molecular weight excluding hydrogens is 613 g/mol. The fraction of sp³-hybridized carbons (Fsp3) is 0.0435. The van der Waals surface area contributed by atoms with Crippen LogP contribution in [-0.4, -0.2) is 0 Å². The van der Waals surface area contributed by atoms with E-state index in [1.807, 2.05) is 12.1 Å². The van der Waals surface area contributed by atoms with Gasteiger partial charge in [0.05, 0.1) is 16.8 Å². The van der Waals surface area contributed by atoms with Crippen molar-refractivity contribution >= 4 is 83.1 Å². The van der Waals surface area contributed by atoms with Crippen LogP contribution in [0.2, 0.25) is 0 Å². The predicted octanol–water partition coefficient (Wildman–Crippen LogP) is 13.5. The Hall–Kier alpha value is -6.52. The fourth-order valence-corrected chi connectivity index (χ4v) is 7.51. The molecule has 238 valence electrons. The molecule has 0 unspecified atom stereocenters. The molecule has 0 saturated carbocycles. The molecule has 0 N–H and O–H groups in total. The topological polar surface area (TPSA) is 32.8 Å². The molecule has 2 heterocycles. The number of hydrogen-bond acceptors (Lipinski definition) is 4. The largest absolute Gasteiger partial charge is 0.456 e. The summed E-state index contributed by atoms with van der Waals surface area (Å²) in [7, 11) is 0. The summed E-state index contributed by atoms with van der Waals surface area (Å²) in [6, 6.07) is 53.4. The number of furan rings is 2. The van der Waals surface area contributed by atoms with Gasteiger partial charge in [-0.25, -0.2) is 0 Å². The van der Waals surface area contributed by atoms with Crippen LogP contribution < -0.4 is 9.80 Å². The zero-order valence-corrected chi connectivity index (χ0v) is 27.3. The van der Waals surface area contributed by atoms with E-state index in [2.05, 4.69) is 168 Å². The van der Waals surface area contributed by atoms with E-state index in [1.165, 1.54) is 5.39 Å². The maximum atomic E-state index is 6.85. The number of rotatable bonds is 6. The Bertz CT molecular complexity index is 2770. The third-order valence-corrected chi connectivity index (χ3v) is 9.78. The zero-order chi connectivity index (χ0) is 33.0. The summed E-state index contributed by atoms with van der Waals surface area (Å²) in [5, 5.41) is 6.71. The summed E-state index contributed by atoms with van der Waals surface area (Å²) in [6.45, 7) is 0. The number of hydrogen-bond donors (Lipinski definition) is 0. The van der Waals surface area contributed by atoms with Gasteiger partial charge in [-0.1, -0.05) is 91.0 Å². The van der Waals surface area contributed by atoms with Gasteiger partial charge in [-0.15, -0.1) is 0 Å². The average Bonchev–Trinajstić information content (AvgIpc) is 3.73. The van der Waals surface area contributed by atoms with E-state index in [0.717, 1.165) is 96.2 Å². The Morgan fingerprint density at radius 1 is 0.420 bits per heavy atom. The van der Waals surface area contributed by atoms with Crippen molar-refractivity contribution in [3.63, 3.8) is 0 Å². The second-order valence-electron chi connectivity index (χ2n) is 12.9. The maximum absolute atomic E-state index is 6.85. The van der Waals surface area contributed by atoms with Crippen LogP contribution in [0.25, 0.3) is 54.6 Å². The van der Waals surface area contributed by atoms with E-state index >= 15 is 0 Å². The summed E-state index contributed by atoms with van der Waals surface area (Å²) < 4.78 is 13.1. The first-order valence-corrected chi connectivity index (χ1v) is 17.2. The minimum atomic E-state index is 0.833. The number of para-hydroxylation sites is 3. The van der Waals surface area contributed by atoms with Crippen molar-refractivity contribution in [3.8, 4) is 0 Å². The van der Waals surface area contributed by atoms with Gasteiger partial charge in [-0.2, -0.15) is 0 Å². The van der Waals surface area contributed by atoms with Gasteiger partial charge in [0.2, 0.25) is 0 Å². The summed E-state index contributed by atoms with van der Waals surface area (Å²) in [5.74, 6) is 0. The second-order valence-corrected chi connectivity index (χ2v) is 12.9. The van der Waals surface area contributed by atoms with Crippen LogP contribution in [0.3, 0.4) is 0 Å². The highest BCUT2D eigenvalue weighted by molar-refractivity contribution is 6.17. The Kier molecular flexibility index (Phi) is 6.59. The normalized spacial score (nSPS) is 13.1. The van der Waals surface area contributed by atoms with Crippen LogP contribution in [0.1, 0.15) is 12.8 Å². The van der Waals surface area contributed by atoms with Crippen LogP contribution in [0, 0.1) is 0 Å². The molecule has 10 rings (SSSR count). The molecule has 50 heavy (non-hydrogen) atoms. The first-order valence-electron chi connectivity index (χ1n) is 17.2. The van der Waals surface area contributed by atoms with E-state index in [4.69, 9.17) is 8.83 Å². The molecule has 1 aliphatic carbocycles. The summed E-state index contributed by atoms with van der Waals surface area (Å²) in [4.78, 5) is 4.71. The fourth-order valence-electron chi connectivity index (χ4n) is 7.51. The Balaban J connectivity index is 1.29. The highest BCUT2D eigenvalue weighted by Gasteiger charge is 2.25. The lowest BCUT2D eigenvalue weighted by atomic mass is 10.0. The van der Waals surface area contributed by atoms with Crippen LogP contribution in [0.4, 0.5) is 28.4 Å². The van der Waals surface area contributed by atoms with E-state index in [-0.39, 0.29) is 0 Å².